The first-order valence-corrected chi connectivity index (χ1v) is 6.96. The van der Waals surface area contributed by atoms with E-state index in [4.69, 9.17) is 4.74 Å². The predicted octanol–water partition coefficient (Wildman–Crippen LogP) is 4.27. The molecule has 3 aromatic rings. The van der Waals surface area contributed by atoms with Crippen molar-refractivity contribution in [2.45, 2.75) is 0 Å². The average Bonchev–Trinajstić information content (AvgIpc) is 2.57. The van der Waals surface area contributed by atoms with Crippen LogP contribution in [0.15, 0.2) is 72.9 Å². The van der Waals surface area contributed by atoms with Crippen LogP contribution in [-0.2, 0) is 0 Å². The molecule has 1 heterocycles. The standard InChI is InChI=1S/C18H13FN2O2/c19-17-10-9-13(12-20-17)18(22)21-14-5-4-8-16(11-14)23-15-6-2-1-3-7-15/h1-12H,(H,21,22). The van der Waals surface area contributed by atoms with Crippen LogP contribution in [0.25, 0.3) is 0 Å². The Bertz CT molecular complexity index is 805. The number of ether oxygens (including phenoxy) is 1. The van der Waals surface area contributed by atoms with Crippen LogP contribution in [0.4, 0.5) is 10.1 Å². The summed E-state index contributed by atoms with van der Waals surface area (Å²) < 4.78 is 18.5. The van der Waals surface area contributed by atoms with Crippen molar-refractivity contribution in [3.8, 4) is 11.5 Å². The number of amides is 1. The van der Waals surface area contributed by atoms with Crippen molar-refractivity contribution >= 4 is 11.6 Å². The molecule has 5 heteroatoms. The Morgan fingerprint density at radius 1 is 0.957 bits per heavy atom. The van der Waals surface area contributed by atoms with Crippen molar-refractivity contribution < 1.29 is 13.9 Å². The largest absolute Gasteiger partial charge is 0.457 e. The summed E-state index contributed by atoms with van der Waals surface area (Å²) in [5.41, 5.74) is 0.855. The van der Waals surface area contributed by atoms with E-state index in [0.717, 1.165) is 6.07 Å². The molecule has 4 nitrogen and oxygen atoms in total. The number of hydrogen-bond acceptors (Lipinski definition) is 3. The van der Waals surface area contributed by atoms with E-state index in [2.05, 4.69) is 10.3 Å². The van der Waals surface area contributed by atoms with E-state index in [1.807, 2.05) is 30.3 Å². The first-order chi connectivity index (χ1) is 11.2. The molecule has 0 radical (unpaired) electrons. The predicted molar refractivity (Wildman–Crippen MR) is 85.1 cm³/mol. The van der Waals surface area contributed by atoms with Crippen molar-refractivity contribution in [3.63, 3.8) is 0 Å². The average molecular weight is 308 g/mol. The van der Waals surface area contributed by atoms with Crippen LogP contribution in [0.3, 0.4) is 0 Å². The lowest BCUT2D eigenvalue weighted by atomic mass is 10.2. The highest BCUT2D eigenvalue weighted by molar-refractivity contribution is 6.04. The highest BCUT2D eigenvalue weighted by Crippen LogP contribution is 2.24. The van der Waals surface area contributed by atoms with Gasteiger partial charge in [0.1, 0.15) is 11.5 Å². The second kappa shape index (κ2) is 6.70. The van der Waals surface area contributed by atoms with Crippen molar-refractivity contribution in [3.05, 3.63) is 84.4 Å². The minimum absolute atomic E-state index is 0.279. The summed E-state index contributed by atoms with van der Waals surface area (Å²) in [7, 11) is 0. The van der Waals surface area contributed by atoms with Gasteiger partial charge in [-0.2, -0.15) is 4.39 Å². The smallest absolute Gasteiger partial charge is 0.257 e. The Hall–Kier alpha value is -3.21. The number of halogens is 1. The van der Waals surface area contributed by atoms with Gasteiger partial charge in [0.15, 0.2) is 0 Å². The quantitative estimate of drug-likeness (QED) is 0.732. The monoisotopic (exact) mass is 308 g/mol. The molecule has 2 aromatic carbocycles. The van der Waals surface area contributed by atoms with Crippen molar-refractivity contribution in [2.24, 2.45) is 0 Å². The first-order valence-electron chi connectivity index (χ1n) is 6.96. The van der Waals surface area contributed by atoms with Gasteiger partial charge in [0.05, 0.1) is 5.56 Å². The SMILES string of the molecule is O=C(Nc1cccc(Oc2ccccc2)c1)c1ccc(F)nc1. The zero-order valence-electron chi connectivity index (χ0n) is 12.1. The van der Waals surface area contributed by atoms with Crippen LogP contribution in [0.1, 0.15) is 10.4 Å². The Kier molecular flexibility index (Phi) is 4.29. The highest BCUT2D eigenvalue weighted by atomic mass is 19.1. The zero-order chi connectivity index (χ0) is 16.1. The van der Waals surface area contributed by atoms with Gasteiger partial charge in [-0.25, -0.2) is 4.98 Å². The van der Waals surface area contributed by atoms with Crippen molar-refractivity contribution in [2.75, 3.05) is 5.32 Å². The summed E-state index contributed by atoms with van der Waals surface area (Å²) in [4.78, 5) is 15.5. The molecule has 0 aliphatic rings. The van der Waals surface area contributed by atoms with Crippen LogP contribution in [0, 0.1) is 5.95 Å². The minimum Gasteiger partial charge on any atom is -0.457 e. The fourth-order valence-electron chi connectivity index (χ4n) is 1.98. The lowest BCUT2D eigenvalue weighted by molar-refractivity contribution is 0.102. The van der Waals surface area contributed by atoms with Crippen LogP contribution >= 0.6 is 0 Å². The number of pyridine rings is 1. The van der Waals surface area contributed by atoms with Gasteiger partial charge < -0.3 is 10.1 Å². The summed E-state index contributed by atoms with van der Waals surface area (Å²) in [6.07, 6.45) is 1.19. The normalized spacial score (nSPS) is 10.1. The second-order valence-electron chi connectivity index (χ2n) is 4.77. The first kappa shape index (κ1) is 14.7. The zero-order valence-corrected chi connectivity index (χ0v) is 12.1. The van der Waals surface area contributed by atoms with Gasteiger partial charge in [0, 0.05) is 18.0 Å². The molecule has 0 aliphatic carbocycles. The molecule has 1 N–H and O–H groups in total. The molecule has 1 amide bonds. The number of aromatic nitrogens is 1. The van der Waals surface area contributed by atoms with E-state index < -0.39 is 5.95 Å². The summed E-state index contributed by atoms with van der Waals surface area (Å²) in [6, 6.07) is 18.9. The molecule has 0 saturated heterocycles. The number of para-hydroxylation sites is 1. The summed E-state index contributed by atoms with van der Waals surface area (Å²) in [5, 5.41) is 2.72. The number of carbonyl (C=O) groups excluding carboxylic acids is 1. The lowest BCUT2D eigenvalue weighted by Crippen LogP contribution is -2.12. The Morgan fingerprint density at radius 2 is 1.74 bits per heavy atom. The molecule has 0 saturated carbocycles. The van der Waals surface area contributed by atoms with Gasteiger partial charge in [0.25, 0.3) is 5.91 Å². The number of carbonyl (C=O) groups is 1. The molecule has 0 fully saturated rings. The third kappa shape index (κ3) is 3.91. The third-order valence-electron chi connectivity index (χ3n) is 3.06. The van der Waals surface area contributed by atoms with Crippen LogP contribution in [0.5, 0.6) is 11.5 Å². The molecule has 23 heavy (non-hydrogen) atoms. The summed E-state index contributed by atoms with van der Waals surface area (Å²) in [6.45, 7) is 0. The van der Waals surface area contributed by atoms with E-state index in [1.165, 1.54) is 12.3 Å². The summed E-state index contributed by atoms with van der Waals surface area (Å²) >= 11 is 0. The van der Waals surface area contributed by atoms with Gasteiger partial charge in [-0.3, -0.25) is 4.79 Å². The molecule has 3 rings (SSSR count). The maximum Gasteiger partial charge on any atom is 0.257 e. The molecule has 0 atom stereocenters. The van der Waals surface area contributed by atoms with Gasteiger partial charge in [-0.05, 0) is 36.4 Å². The number of rotatable bonds is 4. The summed E-state index contributed by atoms with van der Waals surface area (Å²) in [5.74, 6) is 0.319. The highest BCUT2D eigenvalue weighted by Gasteiger charge is 2.07. The molecule has 1 aromatic heterocycles. The topological polar surface area (TPSA) is 51.2 Å². The van der Waals surface area contributed by atoms with Crippen LogP contribution in [0.2, 0.25) is 0 Å². The van der Waals surface area contributed by atoms with E-state index in [0.29, 0.717) is 17.2 Å². The Morgan fingerprint density at radius 3 is 2.48 bits per heavy atom. The van der Waals surface area contributed by atoms with Crippen molar-refractivity contribution in [1.82, 2.24) is 4.98 Å². The van der Waals surface area contributed by atoms with Gasteiger partial charge in [-0.15, -0.1) is 0 Å². The number of anilines is 1. The van der Waals surface area contributed by atoms with E-state index in [9.17, 15) is 9.18 Å². The molecule has 114 valence electrons. The van der Waals surface area contributed by atoms with E-state index in [1.54, 1.807) is 24.3 Å². The van der Waals surface area contributed by atoms with E-state index >= 15 is 0 Å². The second-order valence-corrected chi connectivity index (χ2v) is 4.77. The van der Waals surface area contributed by atoms with Crippen LogP contribution < -0.4 is 10.1 Å². The number of nitrogens with zero attached hydrogens (tertiary/aromatic N) is 1. The van der Waals surface area contributed by atoms with Crippen molar-refractivity contribution in [1.29, 1.82) is 0 Å². The van der Waals surface area contributed by atoms with Gasteiger partial charge >= 0.3 is 0 Å². The molecule has 0 bridgehead atoms. The van der Waals surface area contributed by atoms with Crippen LogP contribution in [-0.4, -0.2) is 10.9 Å². The molecular weight excluding hydrogens is 295 g/mol. The Balaban J connectivity index is 1.72. The van der Waals surface area contributed by atoms with E-state index in [-0.39, 0.29) is 11.5 Å². The number of nitrogens with one attached hydrogen (secondary N) is 1. The maximum absolute atomic E-state index is 12.8. The lowest BCUT2D eigenvalue weighted by Gasteiger charge is -2.09. The fourth-order valence-corrected chi connectivity index (χ4v) is 1.98. The maximum atomic E-state index is 12.8. The number of hydrogen-bond donors (Lipinski definition) is 1. The molecule has 0 aliphatic heterocycles. The number of benzene rings is 2. The molecule has 0 unspecified atom stereocenters. The van der Waals surface area contributed by atoms with Gasteiger partial charge in [0.2, 0.25) is 5.95 Å². The molecule has 0 spiro atoms. The Labute approximate surface area is 132 Å². The fraction of sp³-hybridized carbons (Fsp3) is 0. The van der Waals surface area contributed by atoms with Gasteiger partial charge in [-0.1, -0.05) is 24.3 Å². The third-order valence-corrected chi connectivity index (χ3v) is 3.06. The molecular formula is C18H13FN2O2. The minimum atomic E-state index is -0.625.